The molecular formula is C16H24N2O2. The number of Topliss-reactive ketones (excluding diaryl/α,β-unsaturated/α-hetero) is 1. The normalized spacial score (nSPS) is 28.8. The first-order valence-electron chi connectivity index (χ1n) is 8.11. The molecule has 4 heteroatoms. The van der Waals surface area contributed by atoms with Crippen molar-refractivity contribution in [3.8, 4) is 0 Å². The number of ketones is 1. The quantitative estimate of drug-likeness (QED) is 0.838. The molecule has 1 heterocycles. The first kappa shape index (κ1) is 13.8. The molecule has 2 aliphatic rings. The maximum absolute atomic E-state index is 11.3. The standard InChI is InChI=1S/C16H24N2O2/c1-2-11-3-5-12(6-4-11)15-17-16(20-18-15)13-7-9-14(19)10-8-13/h11-13H,2-10H2,1H3. The van der Waals surface area contributed by atoms with Crippen molar-refractivity contribution in [2.75, 3.05) is 0 Å². The number of aromatic nitrogens is 2. The topological polar surface area (TPSA) is 56.0 Å². The highest BCUT2D eigenvalue weighted by atomic mass is 16.5. The summed E-state index contributed by atoms with van der Waals surface area (Å²) in [7, 11) is 0. The Morgan fingerprint density at radius 1 is 1.05 bits per heavy atom. The lowest BCUT2D eigenvalue weighted by Gasteiger charge is -2.25. The van der Waals surface area contributed by atoms with Crippen molar-refractivity contribution in [1.29, 1.82) is 0 Å². The second-order valence-corrected chi connectivity index (χ2v) is 6.43. The average Bonchev–Trinajstić information content (AvgIpc) is 2.98. The Morgan fingerprint density at radius 2 is 1.75 bits per heavy atom. The van der Waals surface area contributed by atoms with E-state index in [0.717, 1.165) is 30.5 Å². The number of carbonyl (C=O) groups excluding carboxylic acids is 1. The second-order valence-electron chi connectivity index (χ2n) is 6.43. The number of hydrogen-bond acceptors (Lipinski definition) is 4. The first-order valence-corrected chi connectivity index (χ1v) is 8.11. The molecule has 0 unspecified atom stereocenters. The minimum atomic E-state index is 0.306. The zero-order valence-electron chi connectivity index (χ0n) is 12.3. The van der Waals surface area contributed by atoms with Gasteiger partial charge in [0.05, 0.1) is 0 Å². The third-order valence-corrected chi connectivity index (χ3v) is 5.14. The van der Waals surface area contributed by atoms with Crippen molar-refractivity contribution in [2.45, 2.75) is 76.5 Å². The summed E-state index contributed by atoms with van der Waals surface area (Å²) in [5.74, 6) is 3.74. The van der Waals surface area contributed by atoms with E-state index in [1.54, 1.807) is 0 Å². The summed E-state index contributed by atoms with van der Waals surface area (Å²) in [4.78, 5) is 15.9. The van der Waals surface area contributed by atoms with Crippen LogP contribution in [0.1, 0.15) is 88.3 Å². The second kappa shape index (κ2) is 6.06. The molecule has 1 aromatic rings. The third kappa shape index (κ3) is 2.94. The summed E-state index contributed by atoms with van der Waals surface area (Å²) in [5.41, 5.74) is 0. The van der Waals surface area contributed by atoms with Gasteiger partial charge < -0.3 is 4.52 Å². The number of hydrogen-bond donors (Lipinski definition) is 0. The van der Waals surface area contributed by atoms with E-state index in [2.05, 4.69) is 17.1 Å². The predicted molar refractivity (Wildman–Crippen MR) is 75.5 cm³/mol. The fourth-order valence-corrected chi connectivity index (χ4v) is 3.59. The Balaban J connectivity index is 1.61. The van der Waals surface area contributed by atoms with Crippen LogP contribution in [0.25, 0.3) is 0 Å². The molecule has 0 N–H and O–H groups in total. The Kier molecular flexibility index (Phi) is 4.18. The van der Waals surface area contributed by atoms with Crippen molar-refractivity contribution < 1.29 is 9.32 Å². The summed E-state index contributed by atoms with van der Waals surface area (Å²) in [6.45, 7) is 2.28. The molecule has 2 fully saturated rings. The van der Waals surface area contributed by atoms with E-state index in [1.807, 2.05) is 0 Å². The van der Waals surface area contributed by atoms with Gasteiger partial charge in [0.1, 0.15) is 5.78 Å². The van der Waals surface area contributed by atoms with Crippen LogP contribution in [0, 0.1) is 5.92 Å². The van der Waals surface area contributed by atoms with E-state index in [0.29, 0.717) is 30.5 Å². The maximum atomic E-state index is 11.3. The first-order chi connectivity index (χ1) is 9.76. The molecule has 1 aromatic heterocycles. The fourth-order valence-electron chi connectivity index (χ4n) is 3.59. The van der Waals surface area contributed by atoms with Crippen LogP contribution in [0.3, 0.4) is 0 Å². The van der Waals surface area contributed by atoms with Crippen LogP contribution in [0.5, 0.6) is 0 Å². The van der Waals surface area contributed by atoms with E-state index in [4.69, 9.17) is 4.52 Å². The molecule has 0 aromatic carbocycles. The van der Waals surface area contributed by atoms with Crippen molar-refractivity contribution in [3.63, 3.8) is 0 Å². The Morgan fingerprint density at radius 3 is 2.40 bits per heavy atom. The number of carbonyl (C=O) groups is 1. The van der Waals surface area contributed by atoms with Crippen LogP contribution < -0.4 is 0 Å². The zero-order chi connectivity index (χ0) is 13.9. The van der Waals surface area contributed by atoms with E-state index >= 15 is 0 Å². The summed E-state index contributed by atoms with van der Waals surface area (Å²) >= 11 is 0. The van der Waals surface area contributed by atoms with Crippen molar-refractivity contribution in [1.82, 2.24) is 10.1 Å². The van der Waals surface area contributed by atoms with Gasteiger partial charge >= 0.3 is 0 Å². The molecule has 0 aliphatic heterocycles. The highest BCUT2D eigenvalue weighted by Gasteiger charge is 2.28. The molecule has 4 nitrogen and oxygen atoms in total. The minimum absolute atomic E-state index is 0.306. The van der Waals surface area contributed by atoms with Gasteiger partial charge in [-0.05, 0) is 44.4 Å². The lowest BCUT2D eigenvalue weighted by molar-refractivity contribution is -0.120. The molecule has 20 heavy (non-hydrogen) atoms. The van der Waals surface area contributed by atoms with Gasteiger partial charge in [0.2, 0.25) is 5.89 Å². The van der Waals surface area contributed by atoms with Crippen LogP contribution in [0.2, 0.25) is 0 Å². The van der Waals surface area contributed by atoms with Gasteiger partial charge in [0.25, 0.3) is 0 Å². The molecule has 2 aliphatic carbocycles. The molecule has 110 valence electrons. The van der Waals surface area contributed by atoms with Crippen molar-refractivity contribution in [2.24, 2.45) is 5.92 Å². The Hall–Kier alpha value is -1.19. The highest BCUT2D eigenvalue weighted by Crippen LogP contribution is 2.37. The highest BCUT2D eigenvalue weighted by molar-refractivity contribution is 5.79. The van der Waals surface area contributed by atoms with E-state index in [9.17, 15) is 4.79 Å². The van der Waals surface area contributed by atoms with Crippen LogP contribution in [0.4, 0.5) is 0 Å². The monoisotopic (exact) mass is 276 g/mol. The van der Waals surface area contributed by atoms with E-state index in [-0.39, 0.29) is 0 Å². The summed E-state index contributed by atoms with van der Waals surface area (Å²) in [5, 5.41) is 4.21. The SMILES string of the molecule is CCC1CCC(c2noc(C3CCC(=O)CC3)n2)CC1. The van der Waals surface area contributed by atoms with Gasteiger partial charge in [-0.2, -0.15) is 4.98 Å². The van der Waals surface area contributed by atoms with E-state index in [1.165, 1.54) is 32.1 Å². The lowest BCUT2D eigenvalue weighted by atomic mass is 9.80. The summed E-state index contributed by atoms with van der Waals surface area (Å²) in [6.07, 6.45) is 9.37. The molecule has 0 saturated heterocycles. The number of rotatable bonds is 3. The maximum Gasteiger partial charge on any atom is 0.229 e. The molecule has 0 bridgehead atoms. The molecular weight excluding hydrogens is 252 g/mol. The van der Waals surface area contributed by atoms with Crippen molar-refractivity contribution in [3.05, 3.63) is 11.7 Å². The smallest absolute Gasteiger partial charge is 0.229 e. The van der Waals surface area contributed by atoms with Gasteiger partial charge in [-0.1, -0.05) is 18.5 Å². The Labute approximate surface area is 120 Å². The molecule has 0 atom stereocenters. The van der Waals surface area contributed by atoms with Crippen LogP contribution >= 0.6 is 0 Å². The van der Waals surface area contributed by atoms with Gasteiger partial charge in [-0.3, -0.25) is 4.79 Å². The largest absolute Gasteiger partial charge is 0.339 e. The number of nitrogens with zero attached hydrogens (tertiary/aromatic N) is 2. The average molecular weight is 276 g/mol. The van der Waals surface area contributed by atoms with Gasteiger partial charge in [0.15, 0.2) is 5.82 Å². The molecule has 2 saturated carbocycles. The molecule has 0 spiro atoms. The molecule has 0 amide bonds. The Bertz CT molecular complexity index is 451. The van der Waals surface area contributed by atoms with Crippen molar-refractivity contribution >= 4 is 5.78 Å². The van der Waals surface area contributed by atoms with Crippen LogP contribution in [-0.2, 0) is 4.79 Å². The summed E-state index contributed by atoms with van der Waals surface area (Å²) in [6, 6.07) is 0. The minimum Gasteiger partial charge on any atom is -0.339 e. The molecule has 0 radical (unpaired) electrons. The summed E-state index contributed by atoms with van der Waals surface area (Å²) < 4.78 is 5.47. The predicted octanol–water partition coefficient (Wildman–Crippen LogP) is 3.98. The third-order valence-electron chi connectivity index (χ3n) is 5.14. The van der Waals surface area contributed by atoms with E-state index < -0.39 is 0 Å². The van der Waals surface area contributed by atoms with Crippen LogP contribution in [0.15, 0.2) is 4.52 Å². The fraction of sp³-hybridized carbons (Fsp3) is 0.812. The van der Waals surface area contributed by atoms with Gasteiger partial charge in [-0.15, -0.1) is 0 Å². The lowest BCUT2D eigenvalue weighted by Crippen LogP contribution is -2.14. The van der Waals surface area contributed by atoms with Crippen LogP contribution in [-0.4, -0.2) is 15.9 Å². The van der Waals surface area contributed by atoms with Gasteiger partial charge in [-0.25, -0.2) is 0 Å². The zero-order valence-corrected chi connectivity index (χ0v) is 12.3. The molecule has 3 rings (SSSR count). The van der Waals surface area contributed by atoms with Gasteiger partial charge in [0, 0.05) is 24.7 Å².